The SMILES string of the molecule is CC(C)CCNC(=S)NNC(=O)CSc1nnc(-c2ccc(F)cc2)o1. The van der Waals surface area contributed by atoms with E-state index in [2.05, 4.69) is 40.2 Å². The minimum absolute atomic E-state index is 0.0761. The predicted molar refractivity (Wildman–Crippen MR) is 102 cm³/mol. The molecule has 2 aromatic rings. The highest BCUT2D eigenvalue weighted by Gasteiger charge is 2.11. The molecule has 1 aromatic heterocycles. The Bertz CT molecular complexity index is 736. The van der Waals surface area contributed by atoms with Crippen LogP contribution in [-0.4, -0.2) is 33.5 Å². The van der Waals surface area contributed by atoms with E-state index in [0.29, 0.717) is 16.6 Å². The number of thiocarbonyl (C=S) groups is 1. The van der Waals surface area contributed by atoms with E-state index in [0.717, 1.165) is 24.7 Å². The Morgan fingerprint density at radius 3 is 2.69 bits per heavy atom. The summed E-state index contributed by atoms with van der Waals surface area (Å²) in [4.78, 5) is 11.8. The molecule has 0 atom stereocenters. The van der Waals surface area contributed by atoms with Crippen molar-refractivity contribution in [2.24, 2.45) is 5.92 Å². The minimum atomic E-state index is -0.344. The molecule has 10 heteroatoms. The summed E-state index contributed by atoms with van der Waals surface area (Å²) in [5.74, 6) is 0.285. The van der Waals surface area contributed by atoms with Gasteiger partial charge in [0.1, 0.15) is 5.82 Å². The first-order chi connectivity index (χ1) is 12.4. The van der Waals surface area contributed by atoms with Crippen LogP contribution in [0.15, 0.2) is 33.9 Å². The lowest BCUT2D eigenvalue weighted by Crippen LogP contribution is -2.47. The topological polar surface area (TPSA) is 92.1 Å². The molecule has 2 rings (SSSR count). The lowest BCUT2D eigenvalue weighted by Gasteiger charge is -2.11. The van der Waals surface area contributed by atoms with Gasteiger partial charge in [-0.25, -0.2) is 4.39 Å². The van der Waals surface area contributed by atoms with Crippen molar-refractivity contribution >= 4 is 35.0 Å². The molecule has 0 saturated heterocycles. The van der Waals surface area contributed by atoms with Crippen molar-refractivity contribution < 1.29 is 13.6 Å². The summed E-state index contributed by atoms with van der Waals surface area (Å²) in [6.45, 7) is 4.98. The van der Waals surface area contributed by atoms with Crippen LogP contribution in [0.25, 0.3) is 11.5 Å². The zero-order chi connectivity index (χ0) is 18.9. The van der Waals surface area contributed by atoms with Gasteiger partial charge in [0.05, 0.1) is 5.75 Å². The number of rotatable bonds is 7. The van der Waals surface area contributed by atoms with E-state index in [-0.39, 0.29) is 28.6 Å². The fourth-order valence-electron chi connectivity index (χ4n) is 1.79. The number of nitrogens with zero attached hydrogens (tertiary/aromatic N) is 2. The molecule has 1 aromatic carbocycles. The summed E-state index contributed by atoms with van der Waals surface area (Å²) in [7, 11) is 0. The first kappa shape index (κ1) is 20.1. The van der Waals surface area contributed by atoms with Crippen LogP contribution >= 0.6 is 24.0 Å². The average molecular weight is 398 g/mol. The van der Waals surface area contributed by atoms with Crippen LogP contribution in [0.5, 0.6) is 0 Å². The smallest absolute Gasteiger partial charge is 0.277 e. The second kappa shape index (κ2) is 10.1. The van der Waals surface area contributed by atoms with Gasteiger partial charge in [-0.1, -0.05) is 25.6 Å². The molecule has 0 unspecified atom stereocenters. The molecule has 1 amide bonds. The lowest BCUT2D eigenvalue weighted by atomic mass is 10.1. The number of carbonyl (C=O) groups is 1. The summed E-state index contributed by atoms with van der Waals surface area (Å²) in [6.07, 6.45) is 0.985. The van der Waals surface area contributed by atoms with E-state index < -0.39 is 0 Å². The lowest BCUT2D eigenvalue weighted by molar-refractivity contribution is -0.119. The third-order valence-electron chi connectivity index (χ3n) is 3.15. The number of hydrogen-bond acceptors (Lipinski definition) is 6. The second-order valence-electron chi connectivity index (χ2n) is 5.78. The molecular formula is C16H20FN5O2S2. The van der Waals surface area contributed by atoms with Gasteiger partial charge in [0.25, 0.3) is 5.22 Å². The Kier molecular flexibility index (Phi) is 7.79. The maximum Gasteiger partial charge on any atom is 0.277 e. The summed E-state index contributed by atoms with van der Waals surface area (Å²) in [6, 6.07) is 5.70. The van der Waals surface area contributed by atoms with Crippen LogP contribution in [0.4, 0.5) is 4.39 Å². The molecule has 1 heterocycles. The highest BCUT2D eigenvalue weighted by atomic mass is 32.2. The maximum atomic E-state index is 12.9. The van der Waals surface area contributed by atoms with Gasteiger partial charge in [-0.2, -0.15) is 0 Å². The fraction of sp³-hybridized carbons (Fsp3) is 0.375. The highest BCUT2D eigenvalue weighted by Crippen LogP contribution is 2.23. The molecule has 0 aliphatic carbocycles. The first-order valence-corrected chi connectivity index (χ1v) is 9.38. The fourth-order valence-corrected chi connectivity index (χ4v) is 2.50. The number of thioether (sulfide) groups is 1. The van der Waals surface area contributed by atoms with E-state index in [9.17, 15) is 9.18 Å². The quantitative estimate of drug-likeness (QED) is 0.373. The molecule has 0 bridgehead atoms. The number of benzene rings is 1. The van der Waals surface area contributed by atoms with Crippen LogP contribution in [0.1, 0.15) is 20.3 Å². The van der Waals surface area contributed by atoms with Crippen molar-refractivity contribution in [1.29, 1.82) is 0 Å². The van der Waals surface area contributed by atoms with Crippen LogP contribution in [0.3, 0.4) is 0 Å². The Morgan fingerprint density at radius 2 is 2.00 bits per heavy atom. The number of halogens is 1. The van der Waals surface area contributed by atoms with Crippen molar-refractivity contribution in [2.45, 2.75) is 25.5 Å². The molecule has 0 radical (unpaired) electrons. The Balaban J connectivity index is 1.71. The van der Waals surface area contributed by atoms with Crippen molar-refractivity contribution in [1.82, 2.24) is 26.4 Å². The average Bonchev–Trinajstić information content (AvgIpc) is 3.07. The zero-order valence-corrected chi connectivity index (χ0v) is 16.0. The van der Waals surface area contributed by atoms with Gasteiger partial charge in [0.15, 0.2) is 5.11 Å². The molecule has 0 aliphatic rings. The molecule has 140 valence electrons. The first-order valence-electron chi connectivity index (χ1n) is 7.99. The molecular weight excluding hydrogens is 377 g/mol. The summed E-state index contributed by atoms with van der Waals surface area (Å²) in [5.41, 5.74) is 5.73. The summed E-state index contributed by atoms with van der Waals surface area (Å²) in [5, 5.41) is 11.3. The predicted octanol–water partition coefficient (Wildman–Crippen LogP) is 2.51. The number of carbonyl (C=O) groups excluding carboxylic acids is 1. The van der Waals surface area contributed by atoms with E-state index >= 15 is 0 Å². The molecule has 0 fully saturated rings. The largest absolute Gasteiger partial charge is 0.411 e. The Hall–Kier alpha value is -2.20. The van der Waals surface area contributed by atoms with Gasteiger partial charge in [-0.3, -0.25) is 15.6 Å². The van der Waals surface area contributed by atoms with Gasteiger partial charge in [0.2, 0.25) is 11.8 Å². The van der Waals surface area contributed by atoms with Gasteiger partial charge in [-0.05, 0) is 48.8 Å². The summed E-state index contributed by atoms with van der Waals surface area (Å²) >= 11 is 6.15. The molecule has 7 nitrogen and oxygen atoms in total. The highest BCUT2D eigenvalue weighted by molar-refractivity contribution is 7.99. The number of nitrogens with one attached hydrogen (secondary N) is 3. The molecule has 0 spiro atoms. The Morgan fingerprint density at radius 1 is 1.27 bits per heavy atom. The zero-order valence-electron chi connectivity index (χ0n) is 14.4. The maximum absolute atomic E-state index is 12.9. The number of amides is 1. The van der Waals surface area contributed by atoms with Gasteiger partial charge >= 0.3 is 0 Å². The van der Waals surface area contributed by atoms with Crippen molar-refractivity contribution in [2.75, 3.05) is 12.3 Å². The van der Waals surface area contributed by atoms with Crippen molar-refractivity contribution in [3.05, 3.63) is 30.1 Å². The van der Waals surface area contributed by atoms with Crippen LogP contribution in [0, 0.1) is 11.7 Å². The molecule has 0 saturated carbocycles. The van der Waals surface area contributed by atoms with Crippen LogP contribution < -0.4 is 16.2 Å². The standard InChI is InChI=1S/C16H20FN5O2S2/c1-10(2)7-8-18-15(25)21-19-13(23)9-26-16-22-20-14(24-16)11-3-5-12(17)6-4-11/h3-6,10H,7-9H2,1-2H3,(H,19,23)(H2,18,21,25). The van der Waals surface area contributed by atoms with Gasteiger partial charge < -0.3 is 9.73 Å². The monoisotopic (exact) mass is 397 g/mol. The van der Waals surface area contributed by atoms with Gasteiger partial charge in [-0.15, -0.1) is 10.2 Å². The second-order valence-corrected chi connectivity index (χ2v) is 7.12. The number of hydrogen-bond donors (Lipinski definition) is 3. The van der Waals surface area contributed by atoms with E-state index in [1.54, 1.807) is 12.1 Å². The third-order valence-corrected chi connectivity index (χ3v) is 4.21. The molecule has 26 heavy (non-hydrogen) atoms. The van der Waals surface area contributed by atoms with Crippen molar-refractivity contribution in [3.63, 3.8) is 0 Å². The van der Waals surface area contributed by atoms with E-state index in [1.807, 2.05) is 0 Å². The van der Waals surface area contributed by atoms with Crippen LogP contribution in [-0.2, 0) is 4.79 Å². The summed E-state index contributed by atoms with van der Waals surface area (Å²) < 4.78 is 18.4. The number of hydrazine groups is 1. The van der Waals surface area contributed by atoms with Crippen molar-refractivity contribution in [3.8, 4) is 11.5 Å². The minimum Gasteiger partial charge on any atom is -0.411 e. The molecule has 0 aliphatic heterocycles. The van der Waals surface area contributed by atoms with Gasteiger partial charge in [0, 0.05) is 12.1 Å². The van der Waals surface area contributed by atoms with E-state index in [1.165, 1.54) is 12.1 Å². The third kappa shape index (κ3) is 6.96. The molecule has 3 N–H and O–H groups in total. The Labute approximate surface area is 160 Å². The van der Waals surface area contributed by atoms with E-state index in [4.69, 9.17) is 16.6 Å². The normalized spacial score (nSPS) is 10.6. The van der Waals surface area contributed by atoms with Crippen LogP contribution in [0.2, 0.25) is 0 Å². The number of aromatic nitrogens is 2.